The lowest BCUT2D eigenvalue weighted by atomic mass is 10.5. The minimum absolute atomic E-state index is 0.291. The Labute approximate surface area is 86.6 Å². The van der Waals surface area contributed by atoms with Gasteiger partial charge >= 0.3 is 0 Å². The van der Waals surface area contributed by atoms with E-state index in [0.29, 0.717) is 17.7 Å². The molecule has 0 aromatic carbocycles. The molecule has 0 saturated carbocycles. The second-order valence-corrected chi connectivity index (χ2v) is 3.16. The van der Waals surface area contributed by atoms with Crippen LogP contribution in [0.3, 0.4) is 0 Å². The first-order chi connectivity index (χ1) is 7.18. The zero-order valence-electron chi connectivity index (χ0n) is 8.49. The number of nitrogens with two attached hydrogens (primary N) is 1. The van der Waals surface area contributed by atoms with Crippen molar-refractivity contribution in [3.63, 3.8) is 0 Å². The first-order valence-corrected chi connectivity index (χ1v) is 4.36. The highest BCUT2D eigenvalue weighted by Crippen LogP contribution is 2.11. The van der Waals surface area contributed by atoms with Gasteiger partial charge in [0.05, 0.1) is 0 Å². The van der Waals surface area contributed by atoms with E-state index >= 15 is 0 Å². The van der Waals surface area contributed by atoms with Gasteiger partial charge in [-0.2, -0.15) is 14.8 Å². The lowest BCUT2D eigenvalue weighted by molar-refractivity contribution is 0.815. The Kier molecular flexibility index (Phi) is 2.20. The van der Waals surface area contributed by atoms with Gasteiger partial charge in [0.15, 0.2) is 5.82 Å². The van der Waals surface area contributed by atoms with Crippen molar-refractivity contribution in [1.29, 1.82) is 0 Å². The van der Waals surface area contributed by atoms with Crippen molar-refractivity contribution >= 4 is 11.9 Å². The average molecular weight is 205 g/mol. The molecule has 2 aromatic rings. The third-order valence-electron chi connectivity index (χ3n) is 1.80. The molecular formula is C8H11N7. The predicted molar refractivity (Wildman–Crippen MR) is 55.7 cm³/mol. The summed E-state index contributed by atoms with van der Waals surface area (Å²) in [6, 6.07) is 3.52. The molecule has 0 fully saturated rings. The third kappa shape index (κ3) is 1.71. The van der Waals surface area contributed by atoms with Gasteiger partial charge < -0.3 is 10.6 Å². The van der Waals surface area contributed by atoms with Crippen LogP contribution in [-0.4, -0.2) is 39.1 Å². The molecule has 2 heterocycles. The van der Waals surface area contributed by atoms with E-state index < -0.39 is 0 Å². The number of nitrogen functional groups attached to an aromatic ring is 1. The molecule has 0 aliphatic heterocycles. The Hall–Kier alpha value is -2.18. The molecular weight excluding hydrogens is 194 g/mol. The summed E-state index contributed by atoms with van der Waals surface area (Å²) in [5.41, 5.74) is 5.71. The Morgan fingerprint density at radius 2 is 2.20 bits per heavy atom. The van der Waals surface area contributed by atoms with Crippen molar-refractivity contribution < 1.29 is 0 Å². The maximum absolute atomic E-state index is 5.71. The van der Waals surface area contributed by atoms with E-state index in [0.717, 1.165) is 0 Å². The Balaban J connectivity index is 2.45. The number of anilines is 2. The van der Waals surface area contributed by atoms with Crippen LogP contribution < -0.4 is 10.6 Å². The fourth-order valence-electron chi connectivity index (χ4n) is 1.08. The van der Waals surface area contributed by atoms with Crippen molar-refractivity contribution in [2.75, 3.05) is 24.7 Å². The van der Waals surface area contributed by atoms with E-state index in [4.69, 9.17) is 5.73 Å². The van der Waals surface area contributed by atoms with Crippen LogP contribution in [0.15, 0.2) is 18.3 Å². The number of hydrogen-bond donors (Lipinski definition) is 1. The van der Waals surface area contributed by atoms with Gasteiger partial charge in [0.2, 0.25) is 11.9 Å². The minimum Gasteiger partial charge on any atom is -0.368 e. The van der Waals surface area contributed by atoms with Gasteiger partial charge in [-0.1, -0.05) is 0 Å². The van der Waals surface area contributed by atoms with E-state index in [2.05, 4.69) is 20.3 Å². The van der Waals surface area contributed by atoms with Crippen LogP contribution in [-0.2, 0) is 0 Å². The summed E-state index contributed by atoms with van der Waals surface area (Å²) in [5.74, 6) is 1.38. The summed E-state index contributed by atoms with van der Waals surface area (Å²) in [5, 5.41) is 11.8. The maximum atomic E-state index is 5.71. The lowest BCUT2D eigenvalue weighted by Gasteiger charge is -2.03. The number of nitrogens with zero attached hydrogens (tertiary/aromatic N) is 6. The van der Waals surface area contributed by atoms with E-state index in [9.17, 15) is 0 Å². The first-order valence-electron chi connectivity index (χ1n) is 4.36. The number of rotatable bonds is 2. The van der Waals surface area contributed by atoms with Crippen LogP contribution in [0, 0.1) is 0 Å². The zero-order valence-corrected chi connectivity index (χ0v) is 8.49. The standard InChI is InChI=1S/C8H11N7/c1-14(2)8-11-7(9)15(13-8)6-4-3-5-10-12-6/h3-5H,1-2H3,(H2,9,11,13). The predicted octanol–water partition coefficient (Wildman–Crippen LogP) is -0.295. The van der Waals surface area contributed by atoms with E-state index in [1.807, 2.05) is 14.1 Å². The molecule has 2 aromatic heterocycles. The smallest absolute Gasteiger partial charge is 0.246 e. The molecule has 0 aliphatic rings. The van der Waals surface area contributed by atoms with Gasteiger partial charge in [0.1, 0.15) is 0 Å². The normalized spacial score (nSPS) is 10.3. The van der Waals surface area contributed by atoms with Gasteiger partial charge in [-0.3, -0.25) is 0 Å². The molecule has 0 aliphatic carbocycles. The quantitative estimate of drug-likeness (QED) is 0.724. The average Bonchev–Trinajstić information content (AvgIpc) is 2.62. The fraction of sp³-hybridized carbons (Fsp3) is 0.250. The summed E-state index contributed by atoms with van der Waals surface area (Å²) in [6.07, 6.45) is 1.59. The Morgan fingerprint density at radius 1 is 1.40 bits per heavy atom. The van der Waals surface area contributed by atoms with Crippen molar-refractivity contribution in [2.24, 2.45) is 0 Å². The van der Waals surface area contributed by atoms with Crippen LogP contribution in [0.25, 0.3) is 5.82 Å². The molecule has 0 unspecified atom stereocenters. The van der Waals surface area contributed by atoms with Crippen LogP contribution in [0.1, 0.15) is 0 Å². The van der Waals surface area contributed by atoms with Crippen molar-refractivity contribution in [3.05, 3.63) is 18.3 Å². The molecule has 0 amide bonds. The van der Waals surface area contributed by atoms with Crippen LogP contribution in [0.5, 0.6) is 0 Å². The lowest BCUT2D eigenvalue weighted by Crippen LogP contribution is -2.11. The molecule has 0 radical (unpaired) electrons. The highest BCUT2D eigenvalue weighted by atomic mass is 15.5. The Bertz CT molecular complexity index is 447. The third-order valence-corrected chi connectivity index (χ3v) is 1.80. The van der Waals surface area contributed by atoms with E-state index in [1.165, 1.54) is 4.68 Å². The molecule has 15 heavy (non-hydrogen) atoms. The highest BCUT2D eigenvalue weighted by molar-refractivity contribution is 5.38. The summed E-state index contributed by atoms with van der Waals surface area (Å²) >= 11 is 0. The molecule has 7 heteroatoms. The fourth-order valence-corrected chi connectivity index (χ4v) is 1.08. The van der Waals surface area contributed by atoms with E-state index in [-0.39, 0.29) is 0 Å². The highest BCUT2D eigenvalue weighted by Gasteiger charge is 2.10. The summed E-state index contributed by atoms with van der Waals surface area (Å²) < 4.78 is 1.45. The SMILES string of the molecule is CN(C)c1nc(N)n(-c2cccnn2)n1. The molecule has 78 valence electrons. The molecule has 0 atom stereocenters. The van der Waals surface area contributed by atoms with E-state index in [1.54, 1.807) is 23.2 Å². The molecule has 0 spiro atoms. The molecule has 2 rings (SSSR count). The minimum atomic E-state index is 0.291. The summed E-state index contributed by atoms with van der Waals surface area (Å²) in [7, 11) is 3.69. The number of aromatic nitrogens is 5. The van der Waals surface area contributed by atoms with Crippen LogP contribution in [0.2, 0.25) is 0 Å². The van der Waals surface area contributed by atoms with Gasteiger partial charge in [-0.15, -0.1) is 10.2 Å². The maximum Gasteiger partial charge on any atom is 0.246 e. The van der Waals surface area contributed by atoms with Gasteiger partial charge in [-0.05, 0) is 12.1 Å². The summed E-state index contributed by atoms with van der Waals surface area (Å²) in [6.45, 7) is 0. The Morgan fingerprint density at radius 3 is 2.73 bits per heavy atom. The number of hydrogen-bond acceptors (Lipinski definition) is 6. The van der Waals surface area contributed by atoms with Crippen molar-refractivity contribution in [2.45, 2.75) is 0 Å². The largest absolute Gasteiger partial charge is 0.368 e. The van der Waals surface area contributed by atoms with Crippen LogP contribution in [0.4, 0.5) is 11.9 Å². The van der Waals surface area contributed by atoms with Gasteiger partial charge in [0.25, 0.3) is 0 Å². The monoisotopic (exact) mass is 205 g/mol. The van der Waals surface area contributed by atoms with Crippen molar-refractivity contribution in [1.82, 2.24) is 25.0 Å². The van der Waals surface area contributed by atoms with Crippen molar-refractivity contribution in [3.8, 4) is 5.82 Å². The topological polar surface area (TPSA) is 85.8 Å². The molecule has 0 saturated heterocycles. The molecule has 2 N–H and O–H groups in total. The zero-order chi connectivity index (χ0) is 10.8. The van der Waals surface area contributed by atoms with Crippen LogP contribution >= 0.6 is 0 Å². The second-order valence-electron chi connectivity index (χ2n) is 3.16. The summed E-state index contributed by atoms with van der Waals surface area (Å²) in [4.78, 5) is 5.84. The molecule has 7 nitrogen and oxygen atoms in total. The first kappa shape index (κ1) is 9.38. The van der Waals surface area contributed by atoms with Gasteiger partial charge in [-0.25, -0.2) is 0 Å². The second kappa shape index (κ2) is 3.52. The molecule has 0 bridgehead atoms. The van der Waals surface area contributed by atoms with Gasteiger partial charge in [0, 0.05) is 20.3 Å².